The van der Waals surface area contributed by atoms with Crippen molar-refractivity contribution in [2.45, 2.75) is 16.9 Å². The normalized spacial score (nSPS) is 26.7. The third-order valence-electron chi connectivity index (χ3n) is 2.76. The highest BCUT2D eigenvalue weighted by molar-refractivity contribution is 7.98. The molecule has 0 spiro atoms. The predicted molar refractivity (Wildman–Crippen MR) is 59.6 cm³/mol. The third-order valence-corrected chi connectivity index (χ3v) is 3.50. The number of aliphatic hydroxyl groups is 1. The van der Waals surface area contributed by atoms with Gasteiger partial charge in [-0.05, 0) is 36.9 Å². The maximum absolute atomic E-state index is 10.3. The second kappa shape index (κ2) is 3.93. The van der Waals surface area contributed by atoms with E-state index < -0.39 is 5.60 Å². The lowest BCUT2D eigenvalue weighted by atomic mass is 9.93. The van der Waals surface area contributed by atoms with Gasteiger partial charge in [0.1, 0.15) is 5.60 Å². The van der Waals surface area contributed by atoms with Crippen LogP contribution in [0.25, 0.3) is 0 Å². The van der Waals surface area contributed by atoms with Crippen molar-refractivity contribution in [1.29, 1.82) is 0 Å². The molecule has 3 heteroatoms. The van der Waals surface area contributed by atoms with Crippen molar-refractivity contribution in [3.05, 3.63) is 29.8 Å². The smallest absolute Gasteiger partial charge is 0.103 e. The molecule has 1 aliphatic heterocycles. The highest BCUT2D eigenvalue weighted by Crippen LogP contribution is 2.28. The van der Waals surface area contributed by atoms with Crippen LogP contribution in [0, 0.1) is 0 Å². The van der Waals surface area contributed by atoms with Crippen LogP contribution in [0.4, 0.5) is 0 Å². The first-order valence-corrected chi connectivity index (χ1v) is 6.05. The van der Waals surface area contributed by atoms with Crippen molar-refractivity contribution in [2.75, 3.05) is 19.3 Å². The van der Waals surface area contributed by atoms with Crippen LogP contribution in [0.2, 0.25) is 0 Å². The fraction of sp³-hybridized carbons (Fsp3) is 0.455. The molecule has 1 aromatic carbocycles. The van der Waals surface area contributed by atoms with E-state index >= 15 is 0 Å². The third kappa shape index (κ3) is 1.80. The molecule has 0 saturated carbocycles. The molecule has 0 amide bonds. The summed E-state index contributed by atoms with van der Waals surface area (Å²) in [6.07, 6.45) is 2.87. The van der Waals surface area contributed by atoms with E-state index in [1.165, 1.54) is 4.90 Å². The molecule has 1 atom stereocenters. The van der Waals surface area contributed by atoms with Crippen LogP contribution in [-0.4, -0.2) is 24.5 Å². The van der Waals surface area contributed by atoms with E-state index in [0.717, 1.165) is 18.5 Å². The minimum absolute atomic E-state index is 0.642. The first-order chi connectivity index (χ1) is 6.74. The Bertz CT molecular complexity index is 304. The standard InChI is InChI=1S/C11H15NOS/c1-14-10-4-2-9(3-5-10)11(13)6-7-12-8-11/h2-5,12-13H,6-8H2,1H3. The molecule has 0 radical (unpaired) electrons. The van der Waals surface area contributed by atoms with Crippen molar-refractivity contribution in [1.82, 2.24) is 5.32 Å². The van der Waals surface area contributed by atoms with Crippen LogP contribution < -0.4 is 5.32 Å². The fourth-order valence-corrected chi connectivity index (χ4v) is 2.23. The van der Waals surface area contributed by atoms with Gasteiger partial charge in [-0.15, -0.1) is 11.8 Å². The number of benzene rings is 1. The zero-order chi connectivity index (χ0) is 10.0. The average molecular weight is 209 g/mol. The van der Waals surface area contributed by atoms with Gasteiger partial charge in [-0.3, -0.25) is 0 Å². The molecule has 1 aliphatic rings. The molecule has 2 nitrogen and oxygen atoms in total. The lowest BCUT2D eigenvalue weighted by Crippen LogP contribution is -2.28. The summed E-state index contributed by atoms with van der Waals surface area (Å²) in [6.45, 7) is 1.58. The number of rotatable bonds is 2. The van der Waals surface area contributed by atoms with Crippen LogP contribution in [0.5, 0.6) is 0 Å². The van der Waals surface area contributed by atoms with E-state index in [2.05, 4.69) is 23.7 Å². The number of hydrogen-bond acceptors (Lipinski definition) is 3. The molecule has 0 aliphatic carbocycles. The molecule has 2 N–H and O–H groups in total. The van der Waals surface area contributed by atoms with E-state index in [1.54, 1.807) is 11.8 Å². The molecule has 2 rings (SSSR count). The Kier molecular flexibility index (Phi) is 2.81. The van der Waals surface area contributed by atoms with Gasteiger partial charge in [0.2, 0.25) is 0 Å². The van der Waals surface area contributed by atoms with Gasteiger partial charge in [0, 0.05) is 11.4 Å². The van der Waals surface area contributed by atoms with Gasteiger partial charge in [-0.25, -0.2) is 0 Å². The summed E-state index contributed by atoms with van der Waals surface area (Å²) in [7, 11) is 0. The number of hydrogen-bond donors (Lipinski definition) is 2. The summed E-state index contributed by atoms with van der Waals surface area (Å²) in [6, 6.07) is 8.18. The van der Waals surface area contributed by atoms with Gasteiger partial charge in [0.25, 0.3) is 0 Å². The number of β-amino-alcohol motifs (C(OH)–C–C–N with tert-alkyl or cyclic N) is 1. The highest BCUT2D eigenvalue weighted by atomic mass is 32.2. The molecule has 0 aromatic heterocycles. The monoisotopic (exact) mass is 209 g/mol. The molecule has 14 heavy (non-hydrogen) atoms. The zero-order valence-electron chi connectivity index (χ0n) is 8.29. The molecule has 0 bridgehead atoms. The first kappa shape index (κ1) is 10.0. The fourth-order valence-electron chi connectivity index (χ4n) is 1.83. The van der Waals surface area contributed by atoms with Crippen LogP contribution in [0.15, 0.2) is 29.2 Å². The Morgan fingerprint density at radius 3 is 2.57 bits per heavy atom. The van der Waals surface area contributed by atoms with Crippen LogP contribution in [-0.2, 0) is 5.60 Å². The Balaban J connectivity index is 2.23. The lowest BCUT2D eigenvalue weighted by molar-refractivity contribution is 0.0587. The molecular formula is C11H15NOS. The highest BCUT2D eigenvalue weighted by Gasteiger charge is 2.32. The SMILES string of the molecule is CSc1ccc(C2(O)CCNC2)cc1. The molecule has 76 valence electrons. The Morgan fingerprint density at radius 2 is 2.07 bits per heavy atom. The van der Waals surface area contributed by atoms with Crippen molar-refractivity contribution >= 4 is 11.8 Å². The molecular weight excluding hydrogens is 194 g/mol. The van der Waals surface area contributed by atoms with E-state index in [4.69, 9.17) is 0 Å². The number of thioether (sulfide) groups is 1. The van der Waals surface area contributed by atoms with E-state index in [1.807, 2.05) is 12.1 Å². The van der Waals surface area contributed by atoms with Crippen molar-refractivity contribution in [3.8, 4) is 0 Å². The summed E-state index contributed by atoms with van der Waals surface area (Å²) in [5, 5.41) is 13.4. The second-order valence-electron chi connectivity index (χ2n) is 3.69. The molecule has 1 saturated heterocycles. The maximum Gasteiger partial charge on any atom is 0.103 e. The lowest BCUT2D eigenvalue weighted by Gasteiger charge is -2.21. The topological polar surface area (TPSA) is 32.3 Å². The summed E-state index contributed by atoms with van der Waals surface area (Å²) in [5.41, 5.74) is 0.386. The summed E-state index contributed by atoms with van der Waals surface area (Å²) < 4.78 is 0. The average Bonchev–Trinajstić information content (AvgIpc) is 2.67. The Hall–Kier alpha value is -0.510. The van der Waals surface area contributed by atoms with Crippen molar-refractivity contribution in [2.24, 2.45) is 0 Å². The first-order valence-electron chi connectivity index (χ1n) is 4.82. The molecule has 1 unspecified atom stereocenters. The van der Waals surface area contributed by atoms with E-state index in [9.17, 15) is 5.11 Å². The maximum atomic E-state index is 10.3. The van der Waals surface area contributed by atoms with Gasteiger partial charge in [-0.2, -0.15) is 0 Å². The van der Waals surface area contributed by atoms with Crippen LogP contribution in [0.1, 0.15) is 12.0 Å². The quantitative estimate of drug-likeness (QED) is 0.726. The van der Waals surface area contributed by atoms with Crippen LogP contribution in [0.3, 0.4) is 0 Å². The summed E-state index contributed by atoms with van der Waals surface area (Å²) in [5.74, 6) is 0. The minimum atomic E-state index is -0.642. The van der Waals surface area contributed by atoms with Crippen molar-refractivity contribution in [3.63, 3.8) is 0 Å². The Morgan fingerprint density at radius 1 is 1.36 bits per heavy atom. The second-order valence-corrected chi connectivity index (χ2v) is 4.57. The van der Waals surface area contributed by atoms with Gasteiger partial charge >= 0.3 is 0 Å². The molecule has 1 heterocycles. The predicted octanol–water partition coefficient (Wildman–Crippen LogP) is 1.59. The van der Waals surface area contributed by atoms with Gasteiger partial charge < -0.3 is 10.4 Å². The van der Waals surface area contributed by atoms with Gasteiger partial charge in [0.05, 0.1) is 0 Å². The summed E-state index contributed by atoms with van der Waals surface area (Å²) >= 11 is 1.72. The zero-order valence-corrected chi connectivity index (χ0v) is 9.10. The Labute approximate surface area is 88.7 Å². The molecule has 1 fully saturated rings. The van der Waals surface area contributed by atoms with E-state index in [-0.39, 0.29) is 0 Å². The van der Waals surface area contributed by atoms with Crippen molar-refractivity contribution < 1.29 is 5.11 Å². The van der Waals surface area contributed by atoms with Crippen LogP contribution >= 0.6 is 11.8 Å². The van der Waals surface area contributed by atoms with Gasteiger partial charge in [-0.1, -0.05) is 12.1 Å². The summed E-state index contributed by atoms with van der Waals surface area (Å²) in [4.78, 5) is 1.24. The number of nitrogens with one attached hydrogen (secondary N) is 1. The van der Waals surface area contributed by atoms with E-state index in [0.29, 0.717) is 6.54 Å². The minimum Gasteiger partial charge on any atom is -0.384 e. The largest absolute Gasteiger partial charge is 0.384 e. The van der Waals surface area contributed by atoms with Gasteiger partial charge in [0.15, 0.2) is 0 Å². The molecule has 1 aromatic rings.